The Labute approximate surface area is 163 Å². The van der Waals surface area contributed by atoms with Gasteiger partial charge in [-0.1, -0.05) is 24.3 Å². The number of hydrogen-bond acceptors (Lipinski definition) is 5. The molecule has 0 spiro atoms. The van der Waals surface area contributed by atoms with E-state index in [9.17, 15) is 4.79 Å². The zero-order chi connectivity index (χ0) is 19.5. The highest BCUT2D eigenvalue weighted by molar-refractivity contribution is 6.03. The topological polar surface area (TPSA) is 81.9 Å². The molecule has 1 aliphatic heterocycles. The number of rotatable bonds is 3. The van der Waals surface area contributed by atoms with Crippen LogP contribution in [0.15, 0.2) is 54.6 Å². The van der Waals surface area contributed by atoms with Crippen LogP contribution in [-0.4, -0.2) is 22.4 Å². The van der Waals surface area contributed by atoms with E-state index in [0.717, 1.165) is 25.2 Å². The van der Waals surface area contributed by atoms with Crippen LogP contribution in [0.25, 0.3) is 0 Å². The van der Waals surface area contributed by atoms with Crippen LogP contribution in [0, 0.1) is 18.3 Å². The van der Waals surface area contributed by atoms with Crippen molar-refractivity contribution in [2.24, 2.45) is 0 Å². The number of aryl methyl sites for hydroxylation is 1. The molecule has 1 aliphatic rings. The summed E-state index contributed by atoms with van der Waals surface area (Å²) < 4.78 is 0. The smallest absolute Gasteiger partial charge is 0.274 e. The summed E-state index contributed by atoms with van der Waals surface area (Å²) in [4.78, 5) is 23.8. The Balaban J connectivity index is 1.55. The van der Waals surface area contributed by atoms with Crippen molar-refractivity contribution in [1.29, 1.82) is 5.26 Å². The van der Waals surface area contributed by atoms with Gasteiger partial charge in [-0.25, -0.2) is 9.97 Å². The van der Waals surface area contributed by atoms with Gasteiger partial charge in [0.25, 0.3) is 5.91 Å². The number of carbonyl (C=O) groups is 1. The summed E-state index contributed by atoms with van der Waals surface area (Å²) in [5.74, 6) is 0.272. The maximum Gasteiger partial charge on any atom is 0.274 e. The van der Waals surface area contributed by atoms with E-state index in [2.05, 4.69) is 44.5 Å². The van der Waals surface area contributed by atoms with Crippen LogP contribution in [0.1, 0.15) is 32.9 Å². The first-order valence-corrected chi connectivity index (χ1v) is 9.11. The Bertz CT molecular complexity index is 1070. The van der Waals surface area contributed by atoms with Gasteiger partial charge in [-0.05, 0) is 54.8 Å². The molecule has 0 saturated heterocycles. The van der Waals surface area contributed by atoms with Crippen LogP contribution in [0.5, 0.6) is 0 Å². The maximum atomic E-state index is 12.7. The highest BCUT2D eigenvalue weighted by atomic mass is 16.1. The largest absolute Gasteiger partial charge is 0.336 e. The number of benzene rings is 2. The third kappa shape index (κ3) is 3.69. The first-order chi connectivity index (χ1) is 13.6. The number of anilines is 2. The van der Waals surface area contributed by atoms with Gasteiger partial charge < -0.3 is 10.2 Å². The van der Waals surface area contributed by atoms with Gasteiger partial charge in [0.1, 0.15) is 5.69 Å². The molecule has 0 atom stereocenters. The number of nitrogens with one attached hydrogen (secondary N) is 1. The van der Waals surface area contributed by atoms with Gasteiger partial charge in [0, 0.05) is 24.5 Å². The molecular formula is C22H19N5O. The van der Waals surface area contributed by atoms with E-state index in [1.807, 2.05) is 13.0 Å². The summed E-state index contributed by atoms with van der Waals surface area (Å²) in [6.07, 6.45) is 0.931. The Morgan fingerprint density at radius 1 is 1.11 bits per heavy atom. The molecule has 1 N–H and O–H groups in total. The molecule has 0 unspecified atom stereocenters. The quantitative estimate of drug-likeness (QED) is 0.764. The van der Waals surface area contributed by atoms with Crippen molar-refractivity contribution in [3.05, 3.63) is 82.7 Å². The number of nitrogens with zero attached hydrogens (tertiary/aromatic N) is 4. The molecule has 2 heterocycles. The van der Waals surface area contributed by atoms with E-state index in [-0.39, 0.29) is 5.91 Å². The van der Waals surface area contributed by atoms with Gasteiger partial charge in [-0.15, -0.1) is 0 Å². The molecule has 6 nitrogen and oxygen atoms in total. The monoisotopic (exact) mass is 369 g/mol. The first-order valence-electron chi connectivity index (χ1n) is 9.11. The van der Waals surface area contributed by atoms with Crippen molar-refractivity contribution < 1.29 is 4.79 Å². The molecule has 6 heteroatoms. The number of fused-ring (bicyclic) bond motifs is 1. The van der Waals surface area contributed by atoms with E-state index in [0.29, 0.717) is 22.9 Å². The standard InChI is InChI=1S/C22H19N5O/c1-15-12-20(21(28)25-19-8-6-16(13-23)7-9-19)26-22(24-15)27-11-10-17-4-2-3-5-18(17)14-27/h2-9,12H,10-11,14H2,1H3,(H,25,28). The van der Waals surface area contributed by atoms with Gasteiger partial charge >= 0.3 is 0 Å². The van der Waals surface area contributed by atoms with Gasteiger partial charge in [0.05, 0.1) is 11.6 Å². The molecule has 4 rings (SSSR count). The molecular weight excluding hydrogens is 350 g/mol. The fourth-order valence-corrected chi connectivity index (χ4v) is 3.30. The SMILES string of the molecule is Cc1cc(C(=O)Nc2ccc(C#N)cc2)nc(N2CCc3ccccc3C2)n1. The lowest BCUT2D eigenvalue weighted by Gasteiger charge is -2.29. The van der Waals surface area contributed by atoms with Gasteiger partial charge in [-0.2, -0.15) is 5.26 Å². The minimum atomic E-state index is -0.297. The fraction of sp³-hybridized carbons (Fsp3) is 0.182. The summed E-state index contributed by atoms with van der Waals surface area (Å²) in [6, 6.07) is 18.8. The van der Waals surface area contributed by atoms with Crippen LogP contribution < -0.4 is 10.2 Å². The zero-order valence-corrected chi connectivity index (χ0v) is 15.5. The van der Waals surface area contributed by atoms with Crippen molar-refractivity contribution in [3.63, 3.8) is 0 Å². The Morgan fingerprint density at radius 2 is 1.86 bits per heavy atom. The molecule has 138 valence electrons. The lowest BCUT2D eigenvalue weighted by molar-refractivity contribution is 0.102. The summed E-state index contributed by atoms with van der Waals surface area (Å²) in [6.45, 7) is 3.41. The minimum absolute atomic E-state index is 0.297. The Kier molecular flexibility index (Phi) is 4.73. The second-order valence-corrected chi connectivity index (χ2v) is 6.78. The minimum Gasteiger partial charge on any atom is -0.336 e. The van der Waals surface area contributed by atoms with Crippen molar-refractivity contribution in [1.82, 2.24) is 9.97 Å². The molecule has 0 fully saturated rings. The lowest BCUT2D eigenvalue weighted by atomic mass is 10.0. The van der Waals surface area contributed by atoms with Crippen molar-refractivity contribution >= 4 is 17.5 Å². The lowest BCUT2D eigenvalue weighted by Crippen LogP contribution is -2.32. The average molecular weight is 369 g/mol. The van der Waals surface area contributed by atoms with E-state index < -0.39 is 0 Å². The Morgan fingerprint density at radius 3 is 2.61 bits per heavy atom. The summed E-state index contributed by atoms with van der Waals surface area (Å²) in [5, 5.41) is 11.7. The number of nitriles is 1. The number of carbonyl (C=O) groups excluding carboxylic acids is 1. The third-order valence-electron chi connectivity index (χ3n) is 4.76. The average Bonchev–Trinajstić information content (AvgIpc) is 2.73. The summed E-state index contributed by atoms with van der Waals surface area (Å²) >= 11 is 0. The number of hydrogen-bond donors (Lipinski definition) is 1. The second kappa shape index (κ2) is 7.49. The Hall–Kier alpha value is -3.72. The molecule has 1 amide bonds. The summed E-state index contributed by atoms with van der Waals surface area (Å²) in [7, 11) is 0. The fourth-order valence-electron chi connectivity index (χ4n) is 3.30. The summed E-state index contributed by atoms with van der Waals surface area (Å²) in [5.41, 5.74) is 4.85. The highest BCUT2D eigenvalue weighted by Gasteiger charge is 2.20. The van der Waals surface area contributed by atoms with Crippen molar-refractivity contribution in [2.45, 2.75) is 19.9 Å². The van der Waals surface area contributed by atoms with Crippen LogP contribution in [-0.2, 0) is 13.0 Å². The second-order valence-electron chi connectivity index (χ2n) is 6.78. The number of aromatic nitrogens is 2. The van der Waals surface area contributed by atoms with Crippen LogP contribution >= 0.6 is 0 Å². The molecule has 3 aromatic rings. The van der Waals surface area contributed by atoms with E-state index >= 15 is 0 Å². The van der Waals surface area contributed by atoms with Crippen molar-refractivity contribution in [3.8, 4) is 6.07 Å². The molecule has 0 saturated carbocycles. The molecule has 0 aliphatic carbocycles. The normalized spacial score (nSPS) is 12.8. The first kappa shape index (κ1) is 17.7. The van der Waals surface area contributed by atoms with Crippen LogP contribution in [0.4, 0.5) is 11.6 Å². The maximum absolute atomic E-state index is 12.7. The third-order valence-corrected chi connectivity index (χ3v) is 4.76. The van der Waals surface area contributed by atoms with Crippen LogP contribution in [0.3, 0.4) is 0 Å². The van der Waals surface area contributed by atoms with Gasteiger partial charge in [0.15, 0.2) is 0 Å². The van der Waals surface area contributed by atoms with Crippen LogP contribution in [0.2, 0.25) is 0 Å². The molecule has 2 aromatic carbocycles. The number of amides is 1. The molecule has 28 heavy (non-hydrogen) atoms. The zero-order valence-electron chi connectivity index (χ0n) is 15.5. The van der Waals surface area contributed by atoms with Crippen molar-refractivity contribution in [2.75, 3.05) is 16.8 Å². The molecule has 0 bridgehead atoms. The molecule has 0 radical (unpaired) electrons. The van der Waals surface area contributed by atoms with Gasteiger partial charge in [0.2, 0.25) is 5.95 Å². The van der Waals surface area contributed by atoms with E-state index in [1.165, 1.54) is 11.1 Å². The predicted octanol–water partition coefficient (Wildman–Crippen LogP) is 3.47. The van der Waals surface area contributed by atoms with Gasteiger partial charge in [-0.3, -0.25) is 4.79 Å². The highest BCUT2D eigenvalue weighted by Crippen LogP contribution is 2.22. The van der Waals surface area contributed by atoms with E-state index in [1.54, 1.807) is 30.3 Å². The molecule has 1 aromatic heterocycles. The van der Waals surface area contributed by atoms with E-state index in [4.69, 9.17) is 5.26 Å². The predicted molar refractivity (Wildman–Crippen MR) is 107 cm³/mol.